The molecule has 0 radical (unpaired) electrons. The van der Waals surface area contributed by atoms with Gasteiger partial charge >= 0.3 is 5.97 Å². The lowest BCUT2D eigenvalue weighted by Gasteiger charge is -2.16. The Hall–Kier alpha value is -3.26. The number of hydrogen-bond donors (Lipinski definition) is 0. The topological polar surface area (TPSA) is 102 Å². The molecule has 8 nitrogen and oxygen atoms in total. The highest BCUT2D eigenvalue weighted by Gasteiger charge is 2.36. The molecule has 1 amide bonds. The third-order valence-corrected chi connectivity index (χ3v) is 4.66. The number of carbonyl (C=O) groups is 2. The Kier molecular flexibility index (Phi) is 6.23. The van der Waals surface area contributed by atoms with Crippen LogP contribution in [0.1, 0.15) is 37.3 Å². The maximum absolute atomic E-state index is 12.9. The molecule has 1 heterocycles. The van der Waals surface area contributed by atoms with E-state index in [-0.39, 0.29) is 29.9 Å². The van der Waals surface area contributed by atoms with Crippen molar-refractivity contribution >= 4 is 40.6 Å². The zero-order valence-electron chi connectivity index (χ0n) is 15.6. The number of nitrogens with zero attached hydrogens (tertiary/aromatic N) is 3. The van der Waals surface area contributed by atoms with Crippen molar-refractivity contribution in [1.82, 2.24) is 0 Å². The first-order valence-corrected chi connectivity index (χ1v) is 9.41. The fourth-order valence-corrected chi connectivity index (χ4v) is 3.02. The van der Waals surface area contributed by atoms with Crippen LogP contribution in [0.4, 0.5) is 11.4 Å². The van der Waals surface area contributed by atoms with Crippen LogP contribution in [-0.4, -0.2) is 22.5 Å². The van der Waals surface area contributed by atoms with Gasteiger partial charge in [0.1, 0.15) is 0 Å². The second-order valence-corrected chi connectivity index (χ2v) is 6.92. The van der Waals surface area contributed by atoms with Crippen molar-refractivity contribution in [1.29, 1.82) is 0 Å². The van der Waals surface area contributed by atoms with E-state index < -0.39 is 16.8 Å². The summed E-state index contributed by atoms with van der Waals surface area (Å²) in [6.07, 6.45) is 1.63. The predicted octanol–water partition coefficient (Wildman–Crippen LogP) is 4.23. The van der Waals surface area contributed by atoms with Crippen LogP contribution >= 0.6 is 11.6 Å². The molecular formula is C20H18ClN3O5. The molecule has 0 aromatic heterocycles. The van der Waals surface area contributed by atoms with Gasteiger partial charge in [0.15, 0.2) is 5.71 Å². The summed E-state index contributed by atoms with van der Waals surface area (Å²) in [5, 5.41) is 15.5. The van der Waals surface area contributed by atoms with Gasteiger partial charge in [-0.1, -0.05) is 42.2 Å². The maximum atomic E-state index is 12.9. The van der Waals surface area contributed by atoms with E-state index in [1.54, 1.807) is 24.3 Å². The number of fused-ring (bicyclic) bond motifs is 1. The quantitative estimate of drug-likeness (QED) is 0.382. The molecule has 3 rings (SSSR count). The Balaban J connectivity index is 1.94. The van der Waals surface area contributed by atoms with Gasteiger partial charge in [0, 0.05) is 29.1 Å². The summed E-state index contributed by atoms with van der Waals surface area (Å²) in [7, 11) is 0. The molecule has 150 valence electrons. The molecule has 0 spiro atoms. The van der Waals surface area contributed by atoms with Crippen LogP contribution in [0, 0.1) is 10.1 Å². The fourth-order valence-electron chi connectivity index (χ4n) is 2.90. The van der Waals surface area contributed by atoms with Gasteiger partial charge in [-0.05, 0) is 30.2 Å². The van der Waals surface area contributed by atoms with E-state index in [4.69, 9.17) is 16.4 Å². The highest BCUT2D eigenvalue weighted by molar-refractivity contribution is 6.54. The van der Waals surface area contributed by atoms with Crippen LogP contribution in [-0.2, 0) is 21.0 Å². The molecular weight excluding hydrogens is 398 g/mol. The third kappa shape index (κ3) is 4.60. The number of rotatable bonds is 7. The monoisotopic (exact) mass is 415 g/mol. The number of hydrogen-bond acceptors (Lipinski definition) is 6. The summed E-state index contributed by atoms with van der Waals surface area (Å²) >= 11 is 5.90. The average Bonchev–Trinajstić information content (AvgIpc) is 2.96. The van der Waals surface area contributed by atoms with Crippen LogP contribution in [0.2, 0.25) is 5.02 Å². The smallest absolute Gasteiger partial charge is 0.317 e. The van der Waals surface area contributed by atoms with Gasteiger partial charge in [0.25, 0.3) is 11.6 Å². The lowest BCUT2D eigenvalue weighted by molar-refractivity contribution is -0.384. The molecule has 9 heteroatoms. The highest BCUT2D eigenvalue weighted by atomic mass is 35.5. The van der Waals surface area contributed by atoms with Crippen LogP contribution in [0.15, 0.2) is 47.6 Å². The molecule has 0 aliphatic carbocycles. The van der Waals surface area contributed by atoms with Crippen LogP contribution in [0.5, 0.6) is 0 Å². The standard InChI is InChI=1S/C20H18ClN3O5/c1-2-3-4-18(25)29-22-19-16-11-15(24(27)28)9-10-17(16)23(20(19)26)12-13-5-7-14(21)8-6-13/h5-11H,2-4,12H2,1H3/b22-19-. The number of carbonyl (C=O) groups excluding carboxylic acids is 2. The molecule has 29 heavy (non-hydrogen) atoms. The summed E-state index contributed by atoms with van der Waals surface area (Å²) < 4.78 is 0. The Morgan fingerprint density at radius 1 is 1.24 bits per heavy atom. The van der Waals surface area contributed by atoms with Crippen molar-refractivity contribution < 1.29 is 19.3 Å². The van der Waals surface area contributed by atoms with Gasteiger partial charge in [-0.3, -0.25) is 14.9 Å². The summed E-state index contributed by atoms with van der Waals surface area (Å²) in [6.45, 7) is 2.15. The third-order valence-electron chi connectivity index (χ3n) is 4.41. The molecule has 0 N–H and O–H groups in total. The van der Waals surface area contributed by atoms with Gasteiger partial charge in [0.2, 0.25) is 0 Å². The zero-order chi connectivity index (χ0) is 21.0. The number of nitro benzene ring substituents is 1. The molecule has 0 saturated heterocycles. The zero-order valence-corrected chi connectivity index (χ0v) is 16.4. The van der Waals surface area contributed by atoms with E-state index in [9.17, 15) is 19.7 Å². The number of unbranched alkanes of at least 4 members (excludes halogenated alkanes) is 1. The number of amides is 1. The molecule has 1 aliphatic rings. The summed E-state index contributed by atoms with van der Waals surface area (Å²) in [6, 6.07) is 11.0. The molecule has 2 aromatic carbocycles. The minimum atomic E-state index is -0.560. The van der Waals surface area contributed by atoms with E-state index in [2.05, 4.69) is 5.16 Å². The lowest BCUT2D eigenvalue weighted by Crippen LogP contribution is -2.29. The molecule has 0 fully saturated rings. The summed E-state index contributed by atoms with van der Waals surface area (Å²) in [4.78, 5) is 41.6. The highest BCUT2D eigenvalue weighted by Crippen LogP contribution is 2.34. The van der Waals surface area contributed by atoms with Crippen molar-refractivity contribution in [3.8, 4) is 0 Å². The van der Waals surface area contributed by atoms with Gasteiger partial charge in [0.05, 0.1) is 17.2 Å². The molecule has 0 atom stereocenters. The van der Waals surface area contributed by atoms with E-state index >= 15 is 0 Å². The number of oxime groups is 1. The summed E-state index contributed by atoms with van der Waals surface area (Å²) in [5.41, 5.74) is 1.20. The predicted molar refractivity (Wildman–Crippen MR) is 108 cm³/mol. The number of nitro groups is 1. The Bertz CT molecular complexity index is 988. The second-order valence-electron chi connectivity index (χ2n) is 6.48. The van der Waals surface area contributed by atoms with Gasteiger partial charge in [-0.25, -0.2) is 4.79 Å². The normalized spacial score (nSPS) is 14.2. The minimum absolute atomic E-state index is 0.137. The van der Waals surface area contributed by atoms with Crippen molar-refractivity contribution in [2.24, 2.45) is 5.16 Å². The van der Waals surface area contributed by atoms with E-state index in [1.807, 2.05) is 6.92 Å². The molecule has 2 aromatic rings. The molecule has 0 unspecified atom stereocenters. The first-order valence-electron chi connectivity index (χ1n) is 9.03. The van der Waals surface area contributed by atoms with Gasteiger partial charge < -0.3 is 9.74 Å². The number of halogens is 1. The van der Waals surface area contributed by atoms with Gasteiger partial charge in [-0.2, -0.15) is 0 Å². The van der Waals surface area contributed by atoms with Crippen molar-refractivity contribution in [3.63, 3.8) is 0 Å². The lowest BCUT2D eigenvalue weighted by atomic mass is 10.1. The van der Waals surface area contributed by atoms with Crippen LogP contribution in [0.25, 0.3) is 0 Å². The van der Waals surface area contributed by atoms with Crippen LogP contribution in [0.3, 0.4) is 0 Å². The fraction of sp³-hybridized carbons (Fsp3) is 0.250. The number of non-ortho nitro benzene ring substituents is 1. The minimum Gasteiger partial charge on any atom is -0.317 e. The Morgan fingerprint density at radius 2 is 1.97 bits per heavy atom. The first-order chi connectivity index (χ1) is 13.9. The Labute approximate surface area is 171 Å². The molecule has 1 aliphatic heterocycles. The maximum Gasteiger partial charge on any atom is 0.335 e. The average molecular weight is 416 g/mol. The van der Waals surface area contributed by atoms with E-state index in [0.717, 1.165) is 12.0 Å². The van der Waals surface area contributed by atoms with Crippen molar-refractivity contribution in [2.45, 2.75) is 32.7 Å². The second kappa shape index (κ2) is 8.83. The molecule has 0 saturated carbocycles. The van der Waals surface area contributed by atoms with Gasteiger partial charge in [-0.15, -0.1) is 0 Å². The number of anilines is 1. The first kappa shape index (κ1) is 20.5. The van der Waals surface area contributed by atoms with Crippen LogP contribution < -0.4 is 4.90 Å². The summed E-state index contributed by atoms with van der Waals surface area (Å²) in [5.74, 6) is -1.06. The Morgan fingerprint density at radius 3 is 2.62 bits per heavy atom. The van der Waals surface area contributed by atoms with Crippen molar-refractivity contribution in [3.05, 3.63) is 68.7 Å². The largest absolute Gasteiger partial charge is 0.335 e. The SMILES string of the molecule is CCCCC(=O)O/N=C1\C(=O)N(Cc2ccc(Cl)cc2)c2ccc([N+](=O)[O-])cc21. The van der Waals surface area contributed by atoms with E-state index in [1.165, 1.54) is 23.1 Å². The van der Waals surface area contributed by atoms with Crippen molar-refractivity contribution in [2.75, 3.05) is 4.90 Å². The van der Waals surface area contributed by atoms with E-state index in [0.29, 0.717) is 17.1 Å². The number of benzene rings is 2. The molecule has 0 bridgehead atoms.